The Morgan fingerprint density at radius 2 is 2.04 bits per heavy atom. The van der Waals surface area contributed by atoms with Crippen LogP contribution in [0.3, 0.4) is 0 Å². The third kappa shape index (κ3) is 3.57. The number of anilines is 2. The predicted molar refractivity (Wildman–Crippen MR) is 102 cm³/mol. The summed E-state index contributed by atoms with van der Waals surface area (Å²) in [6, 6.07) is 13.9. The summed E-state index contributed by atoms with van der Waals surface area (Å²) in [7, 11) is 1.65. The molecule has 0 bridgehead atoms. The fourth-order valence-corrected chi connectivity index (χ4v) is 2.84. The number of imidazole rings is 1. The van der Waals surface area contributed by atoms with Crippen molar-refractivity contribution in [3.05, 3.63) is 53.6 Å². The highest BCUT2D eigenvalue weighted by Crippen LogP contribution is 2.25. The molecule has 0 atom stereocenters. The van der Waals surface area contributed by atoms with Crippen molar-refractivity contribution in [1.29, 1.82) is 5.26 Å². The zero-order valence-electron chi connectivity index (χ0n) is 14.7. The molecule has 1 aromatic heterocycles. The maximum Gasteiger partial charge on any atom is 0.258 e. The molecule has 0 radical (unpaired) electrons. The molecule has 4 N–H and O–H groups in total. The van der Waals surface area contributed by atoms with E-state index in [0.717, 1.165) is 5.52 Å². The van der Waals surface area contributed by atoms with Crippen LogP contribution in [0.1, 0.15) is 22.3 Å². The van der Waals surface area contributed by atoms with E-state index in [0.29, 0.717) is 28.9 Å². The number of nitrogen functional groups attached to an aromatic ring is 1. The molecule has 0 saturated carbocycles. The first kappa shape index (κ1) is 17.9. The molecule has 0 unspecified atom stereocenters. The van der Waals surface area contributed by atoms with Crippen molar-refractivity contribution in [2.45, 2.75) is 13.0 Å². The van der Waals surface area contributed by atoms with Crippen LogP contribution in [0.25, 0.3) is 11.0 Å². The Hall–Kier alpha value is -3.86. The van der Waals surface area contributed by atoms with Crippen molar-refractivity contribution >= 4 is 34.5 Å². The molecule has 2 aromatic carbocycles. The Kier molecular flexibility index (Phi) is 4.77. The molecule has 2 amide bonds. The Bertz CT molecular complexity index is 1080. The lowest BCUT2D eigenvalue weighted by molar-refractivity contribution is -0.118. The van der Waals surface area contributed by atoms with Gasteiger partial charge in [-0.2, -0.15) is 5.26 Å². The average Bonchev–Trinajstić information content (AvgIpc) is 2.99. The maximum atomic E-state index is 12.7. The minimum Gasteiger partial charge on any atom is -0.370 e. The summed E-state index contributed by atoms with van der Waals surface area (Å²) in [5.41, 5.74) is 14.0. The number of rotatable bonds is 5. The highest BCUT2D eigenvalue weighted by molar-refractivity contribution is 6.06. The van der Waals surface area contributed by atoms with Crippen molar-refractivity contribution in [2.24, 2.45) is 5.73 Å². The molecule has 27 heavy (non-hydrogen) atoms. The molecular weight excluding hydrogens is 344 g/mol. The van der Waals surface area contributed by atoms with E-state index in [4.69, 9.17) is 16.7 Å². The maximum absolute atomic E-state index is 12.7. The lowest BCUT2D eigenvalue weighted by atomic mass is 10.1. The van der Waals surface area contributed by atoms with Gasteiger partial charge in [0.15, 0.2) is 0 Å². The normalized spacial score (nSPS) is 10.5. The minimum atomic E-state index is -0.419. The Labute approximate surface area is 155 Å². The number of benzene rings is 2. The number of hydrogen-bond donors (Lipinski definition) is 2. The third-order valence-corrected chi connectivity index (χ3v) is 4.27. The van der Waals surface area contributed by atoms with Gasteiger partial charge < -0.3 is 20.9 Å². The van der Waals surface area contributed by atoms with Crippen LogP contribution in [0.2, 0.25) is 0 Å². The third-order valence-electron chi connectivity index (χ3n) is 4.27. The van der Waals surface area contributed by atoms with Gasteiger partial charge in [0, 0.05) is 31.3 Å². The van der Waals surface area contributed by atoms with Gasteiger partial charge in [-0.1, -0.05) is 6.07 Å². The quantitative estimate of drug-likeness (QED) is 0.712. The van der Waals surface area contributed by atoms with Gasteiger partial charge in [0.2, 0.25) is 11.9 Å². The van der Waals surface area contributed by atoms with Gasteiger partial charge in [-0.05, 0) is 36.4 Å². The Balaban J connectivity index is 1.91. The molecule has 1 heterocycles. The molecule has 8 nitrogen and oxygen atoms in total. The summed E-state index contributed by atoms with van der Waals surface area (Å²) in [5, 5.41) is 9.00. The molecule has 0 fully saturated rings. The molecule has 136 valence electrons. The SMILES string of the molecule is CN(C(=O)c1cccc(C#N)c1)c1ccc2c(c1)nc(N)n2CCC(N)=O. The fourth-order valence-electron chi connectivity index (χ4n) is 2.84. The summed E-state index contributed by atoms with van der Waals surface area (Å²) in [6.07, 6.45) is 0.158. The van der Waals surface area contributed by atoms with Gasteiger partial charge in [0.1, 0.15) is 0 Å². The van der Waals surface area contributed by atoms with E-state index in [1.165, 1.54) is 4.90 Å². The number of carbonyl (C=O) groups excluding carboxylic acids is 2. The predicted octanol–water partition coefficient (Wildman–Crippen LogP) is 1.64. The van der Waals surface area contributed by atoms with Gasteiger partial charge >= 0.3 is 0 Å². The van der Waals surface area contributed by atoms with Crippen LogP contribution in [0.15, 0.2) is 42.5 Å². The summed E-state index contributed by atoms with van der Waals surface area (Å²) in [5.74, 6) is -0.385. The lowest BCUT2D eigenvalue weighted by Gasteiger charge is -2.17. The number of carbonyl (C=O) groups is 2. The fraction of sp³-hybridized carbons (Fsp3) is 0.158. The second-order valence-corrected chi connectivity index (χ2v) is 6.07. The summed E-state index contributed by atoms with van der Waals surface area (Å²) in [6.45, 7) is 0.340. The van der Waals surface area contributed by atoms with E-state index in [-0.39, 0.29) is 18.3 Å². The van der Waals surface area contributed by atoms with Crippen molar-refractivity contribution in [2.75, 3.05) is 17.7 Å². The number of nitriles is 1. The van der Waals surface area contributed by atoms with Crippen molar-refractivity contribution in [3.8, 4) is 6.07 Å². The Morgan fingerprint density at radius 1 is 1.26 bits per heavy atom. The van der Waals surface area contributed by atoms with E-state index in [1.54, 1.807) is 54.1 Å². The molecule has 0 aliphatic heterocycles. The average molecular weight is 362 g/mol. The summed E-state index contributed by atoms with van der Waals surface area (Å²) in [4.78, 5) is 29.5. The van der Waals surface area contributed by atoms with Crippen LogP contribution in [0, 0.1) is 11.3 Å². The highest BCUT2D eigenvalue weighted by Gasteiger charge is 2.16. The number of nitrogens with zero attached hydrogens (tertiary/aromatic N) is 4. The number of aryl methyl sites for hydroxylation is 1. The summed E-state index contributed by atoms with van der Waals surface area (Å²) < 4.78 is 1.71. The molecule has 3 rings (SSSR count). The van der Waals surface area contributed by atoms with Crippen molar-refractivity contribution in [3.63, 3.8) is 0 Å². The van der Waals surface area contributed by atoms with Gasteiger partial charge in [0.25, 0.3) is 5.91 Å². The topological polar surface area (TPSA) is 131 Å². The van der Waals surface area contributed by atoms with E-state index in [2.05, 4.69) is 4.98 Å². The van der Waals surface area contributed by atoms with E-state index >= 15 is 0 Å². The molecule has 0 saturated heterocycles. The van der Waals surface area contributed by atoms with Gasteiger partial charge in [0.05, 0.1) is 22.7 Å². The number of hydrogen-bond acceptors (Lipinski definition) is 5. The van der Waals surface area contributed by atoms with E-state index in [9.17, 15) is 9.59 Å². The molecule has 0 spiro atoms. The first-order chi connectivity index (χ1) is 12.9. The van der Waals surface area contributed by atoms with Gasteiger partial charge in [-0.15, -0.1) is 0 Å². The lowest BCUT2D eigenvalue weighted by Crippen LogP contribution is -2.26. The van der Waals surface area contributed by atoms with Crippen LogP contribution in [0.5, 0.6) is 0 Å². The first-order valence-electron chi connectivity index (χ1n) is 8.23. The molecular formula is C19H18N6O2. The standard InChI is InChI=1S/C19H18N6O2/c1-24(18(27)13-4-2-3-12(9-13)11-20)14-5-6-16-15(10-14)23-19(22)25(16)8-7-17(21)26/h2-6,9-10H,7-8H2,1H3,(H2,21,26)(H2,22,23). The van der Waals surface area contributed by atoms with Crippen LogP contribution < -0.4 is 16.4 Å². The zero-order valence-corrected chi connectivity index (χ0v) is 14.7. The molecule has 0 aliphatic carbocycles. The van der Waals surface area contributed by atoms with Crippen molar-refractivity contribution < 1.29 is 9.59 Å². The van der Waals surface area contributed by atoms with Crippen LogP contribution in [-0.2, 0) is 11.3 Å². The first-order valence-corrected chi connectivity index (χ1v) is 8.23. The van der Waals surface area contributed by atoms with E-state index in [1.807, 2.05) is 6.07 Å². The highest BCUT2D eigenvalue weighted by atomic mass is 16.2. The number of fused-ring (bicyclic) bond motifs is 1. The monoisotopic (exact) mass is 362 g/mol. The second-order valence-electron chi connectivity index (χ2n) is 6.07. The number of nitrogens with two attached hydrogens (primary N) is 2. The smallest absolute Gasteiger partial charge is 0.258 e. The molecule has 8 heteroatoms. The number of primary amides is 1. The molecule has 0 aliphatic rings. The number of amides is 2. The Morgan fingerprint density at radius 3 is 2.74 bits per heavy atom. The van der Waals surface area contributed by atoms with Gasteiger partial charge in [-0.3, -0.25) is 9.59 Å². The van der Waals surface area contributed by atoms with Crippen LogP contribution in [0.4, 0.5) is 11.6 Å². The van der Waals surface area contributed by atoms with E-state index < -0.39 is 5.91 Å². The number of aromatic nitrogens is 2. The van der Waals surface area contributed by atoms with Crippen molar-refractivity contribution in [1.82, 2.24) is 9.55 Å². The second kappa shape index (κ2) is 7.17. The van der Waals surface area contributed by atoms with Gasteiger partial charge in [-0.25, -0.2) is 4.98 Å². The largest absolute Gasteiger partial charge is 0.370 e. The summed E-state index contributed by atoms with van der Waals surface area (Å²) >= 11 is 0. The van der Waals surface area contributed by atoms with Crippen LogP contribution >= 0.6 is 0 Å². The van der Waals surface area contributed by atoms with Crippen LogP contribution in [-0.4, -0.2) is 28.4 Å². The zero-order chi connectivity index (χ0) is 19.6. The molecule has 3 aromatic rings. The minimum absolute atomic E-state index is 0.158.